The van der Waals surface area contributed by atoms with E-state index >= 15 is 0 Å². The van der Waals surface area contributed by atoms with E-state index in [-0.39, 0.29) is 6.54 Å². The Morgan fingerprint density at radius 3 is 2.71 bits per heavy atom. The van der Waals surface area contributed by atoms with Crippen LogP contribution in [0, 0.1) is 6.92 Å². The minimum Gasteiger partial charge on any atom is -0.374 e. The summed E-state index contributed by atoms with van der Waals surface area (Å²) in [7, 11) is 0. The molecule has 0 aromatic carbocycles. The maximum absolute atomic E-state index is 13.3. The fourth-order valence-corrected chi connectivity index (χ4v) is 2.94. The van der Waals surface area contributed by atoms with Crippen LogP contribution in [-0.4, -0.2) is 33.7 Å². The van der Waals surface area contributed by atoms with Gasteiger partial charge in [0.1, 0.15) is 5.01 Å². The SMILES string of the molecule is Cc1csc(C(O)(CC(=O)NCCc2cccnc2)C(F)(F)F)n1. The molecule has 2 aromatic rings. The number of hydrogen-bond donors (Lipinski definition) is 2. The van der Waals surface area contributed by atoms with E-state index in [4.69, 9.17) is 0 Å². The highest BCUT2D eigenvalue weighted by Crippen LogP contribution is 2.42. The lowest BCUT2D eigenvalue weighted by atomic mass is 9.99. The van der Waals surface area contributed by atoms with Crippen molar-refractivity contribution in [2.45, 2.75) is 31.5 Å². The average Bonchev–Trinajstić information content (AvgIpc) is 2.94. The highest BCUT2D eigenvalue weighted by molar-refractivity contribution is 7.09. The molecule has 0 aliphatic rings. The number of rotatable bonds is 6. The van der Waals surface area contributed by atoms with Gasteiger partial charge in [0, 0.05) is 30.0 Å². The summed E-state index contributed by atoms with van der Waals surface area (Å²) in [6.45, 7) is 1.67. The Kier molecular flexibility index (Phi) is 5.55. The molecule has 0 saturated heterocycles. The lowest BCUT2D eigenvalue weighted by molar-refractivity contribution is -0.267. The average molecular weight is 359 g/mol. The molecule has 0 saturated carbocycles. The maximum Gasteiger partial charge on any atom is 0.424 e. The third-order valence-corrected chi connectivity index (χ3v) is 4.43. The van der Waals surface area contributed by atoms with Gasteiger partial charge in [-0.2, -0.15) is 13.2 Å². The number of hydrogen-bond acceptors (Lipinski definition) is 5. The Morgan fingerprint density at radius 2 is 2.17 bits per heavy atom. The van der Waals surface area contributed by atoms with Crippen molar-refractivity contribution in [3.8, 4) is 0 Å². The Hall–Kier alpha value is -2.00. The second kappa shape index (κ2) is 7.27. The predicted octanol–water partition coefficient (Wildman–Crippen LogP) is 2.35. The number of amides is 1. The van der Waals surface area contributed by atoms with E-state index in [0.29, 0.717) is 23.5 Å². The van der Waals surface area contributed by atoms with Gasteiger partial charge < -0.3 is 10.4 Å². The van der Waals surface area contributed by atoms with Crippen molar-refractivity contribution in [2.75, 3.05) is 6.54 Å². The molecule has 0 spiro atoms. The van der Waals surface area contributed by atoms with Crippen molar-refractivity contribution >= 4 is 17.2 Å². The molecule has 1 atom stereocenters. The van der Waals surface area contributed by atoms with Crippen LogP contribution in [-0.2, 0) is 16.8 Å². The highest BCUT2D eigenvalue weighted by Gasteiger charge is 2.58. The highest BCUT2D eigenvalue weighted by atomic mass is 32.1. The summed E-state index contributed by atoms with van der Waals surface area (Å²) in [6, 6.07) is 3.52. The van der Waals surface area contributed by atoms with Crippen molar-refractivity contribution in [3.05, 3.63) is 46.2 Å². The minimum atomic E-state index is -5.00. The van der Waals surface area contributed by atoms with Gasteiger partial charge in [0.05, 0.1) is 6.42 Å². The fourth-order valence-electron chi connectivity index (χ4n) is 2.03. The van der Waals surface area contributed by atoms with Gasteiger partial charge in [-0.1, -0.05) is 6.07 Å². The molecule has 2 heterocycles. The zero-order valence-electron chi connectivity index (χ0n) is 12.8. The Balaban J connectivity index is 2.00. The van der Waals surface area contributed by atoms with E-state index in [1.807, 2.05) is 0 Å². The van der Waals surface area contributed by atoms with Crippen LogP contribution in [0.1, 0.15) is 22.7 Å². The smallest absolute Gasteiger partial charge is 0.374 e. The number of aryl methyl sites for hydroxylation is 1. The maximum atomic E-state index is 13.3. The van der Waals surface area contributed by atoms with E-state index in [0.717, 1.165) is 5.56 Å². The number of carbonyl (C=O) groups excluding carboxylic acids is 1. The lowest BCUT2D eigenvalue weighted by Gasteiger charge is -2.27. The summed E-state index contributed by atoms with van der Waals surface area (Å²) < 4.78 is 39.8. The van der Waals surface area contributed by atoms with E-state index < -0.39 is 29.1 Å². The first-order valence-electron chi connectivity index (χ1n) is 7.10. The number of pyridine rings is 1. The van der Waals surface area contributed by atoms with Crippen LogP contribution in [0.5, 0.6) is 0 Å². The molecular formula is C15H16F3N3O2S. The number of alkyl halides is 3. The number of nitrogens with one attached hydrogen (secondary N) is 1. The Morgan fingerprint density at radius 1 is 1.42 bits per heavy atom. The van der Waals surface area contributed by atoms with Crippen LogP contribution < -0.4 is 5.32 Å². The molecule has 0 aliphatic heterocycles. The Labute approximate surface area is 140 Å². The normalized spacial score (nSPS) is 14.2. The van der Waals surface area contributed by atoms with Gasteiger partial charge in [-0.05, 0) is 25.0 Å². The number of halogens is 3. The van der Waals surface area contributed by atoms with Gasteiger partial charge in [-0.25, -0.2) is 4.98 Å². The van der Waals surface area contributed by atoms with Crippen LogP contribution in [0.3, 0.4) is 0 Å². The van der Waals surface area contributed by atoms with Crippen molar-refractivity contribution in [2.24, 2.45) is 0 Å². The molecule has 9 heteroatoms. The molecule has 1 unspecified atom stereocenters. The van der Waals surface area contributed by atoms with Crippen molar-refractivity contribution in [1.82, 2.24) is 15.3 Å². The van der Waals surface area contributed by atoms with Gasteiger partial charge in [-0.15, -0.1) is 11.3 Å². The van der Waals surface area contributed by atoms with Crippen LogP contribution in [0.25, 0.3) is 0 Å². The number of aliphatic hydroxyl groups is 1. The van der Waals surface area contributed by atoms with Gasteiger partial charge in [0.15, 0.2) is 0 Å². The minimum absolute atomic E-state index is 0.148. The van der Waals surface area contributed by atoms with Crippen molar-refractivity contribution in [1.29, 1.82) is 0 Å². The molecule has 0 fully saturated rings. The van der Waals surface area contributed by atoms with E-state index in [1.165, 1.54) is 12.3 Å². The van der Waals surface area contributed by atoms with Gasteiger partial charge in [-0.3, -0.25) is 9.78 Å². The molecule has 0 radical (unpaired) electrons. The van der Waals surface area contributed by atoms with Crippen LogP contribution >= 0.6 is 11.3 Å². The van der Waals surface area contributed by atoms with Gasteiger partial charge in [0.2, 0.25) is 11.5 Å². The summed E-state index contributed by atoms with van der Waals surface area (Å²) in [5, 5.41) is 13.3. The molecule has 0 bridgehead atoms. The predicted molar refractivity (Wildman–Crippen MR) is 82.4 cm³/mol. The molecular weight excluding hydrogens is 343 g/mol. The first kappa shape index (κ1) is 18.3. The van der Waals surface area contributed by atoms with Crippen LogP contribution in [0.4, 0.5) is 13.2 Å². The number of thiazole rings is 1. The number of aromatic nitrogens is 2. The molecule has 24 heavy (non-hydrogen) atoms. The second-order valence-corrected chi connectivity index (χ2v) is 6.15. The Bertz CT molecular complexity index is 691. The van der Waals surface area contributed by atoms with Gasteiger partial charge in [0.25, 0.3) is 0 Å². The fraction of sp³-hybridized carbons (Fsp3) is 0.400. The second-order valence-electron chi connectivity index (χ2n) is 5.29. The van der Waals surface area contributed by atoms with Crippen molar-refractivity contribution in [3.63, 3.8) is 0 Å². The first-order valence-corrected chi connectivity index (χ1v) is 7.97. The van der Waals surface area contributed by atoms with Crippen LogP contribution in [0.15, 0.2) is 29.9 Å². The summed E-state index contributed by atoms with van der Waals surface area (Å²) >= 11 is 0.677. The molecule has 0 aliphatic carbocycles. The quantitative estimate of drug-likeness (QED) is 0.830. The first-order chi connectivity index (χ1) is 11.2. The van der Waals surface area contributed by atoms with Gasteiger partial charge >= 0.3 is 6.18 Å². The van der Waals surface area contributed by atoms with Crippen LogP contribution in [0.2, 0.25) is 0 Å². The van der Waals surface area contributed by atoms with Crippen molar-refractivity contribution < 1.29 is 23.1 Å². The summed E-state index contributed by atoms with van der Waals surface area (Å²) in [5.41, 5.74) is -2.08. The molecule has 2 N–H and O–H groups in total. The topological polar surface area (TPSA) is 75.1 Å². The largest absolute Gasteiger partial charge is 0.424 e. The third-order valence-electron chi connectivity index (χ3n) is 3.32. The third kappa shape index (κ3) is 4.30. The zero-order valence-corrected chi connectivity index (χ0v) is 13.6. The number of nitrogens with zero attached hydrogens (tertiary/aromatic N) is 2. The van der Waals surface area contributed by atoms with E-state index in [9.17, 15) is 23.1 Å². The van der Waals surface area contributed by atoms with E-state index in [2.05, 4.69) is 15.3 Å². The molecule has 2 rings (SSSR count). The van der Waals surface area contributed by atoms with E-state index in [1.54, 1.807) is 24.5 Å². The molecule has 5 nitrogen and oxygen atoms in total. The molecule has 2 aromatic heterocycles. The summed E-state index contributed by atoms with van der Waals surface area (Å²) in [5.74, 6) is -0.897. The molecule has 1 amide bonds. The monoisotopic (exact) mass is 359 g/mol. The number of carbonyl (C=O) groups is 1. The lowest BCUT2D eigenvalue weighted by Crippen LogP contribution is -2.46. The summed E-state index contributed by atoms with van der Waals surface area (Å²) in [6.07, 6.45) is -2.49. The standard InChI is InChI=1S/C15H16F3N3O2S/c1-10-9-24-13(21-10)14(23,15(16,17)18)7-12(22)20-6-4-11-3-2-5-19-8-11/h2-3,5,8-9,23H,4,6-7H2,1H3,(H,20,22). The molecule has 130 valence electrons. The zero-order chi connectivity index (χ0) is 17.8. The summed E-state index contributed by atoms with van der Waals surface area (Å²) in [4.78, 5) is 19.5.